The Morgan fingerprint density at radius 2 is 2.06 bits per heavy atom. The third kappa shape index (κ3) is 4.51. The molecule has 1 heterocycles. The van der Waals surface area contributed by atoms with Crippen LogP contribution in [0.25, 0.3) is 0 Å². The van der Waals surface area contributed by atoms with Crippen LogP contribution in [0.2, 0.25) is 0 Å². The summed E-state index contributed by atoms with van der Waals surface area (Å²) >= 11 is 0. The third-order valence-corrected chi connectivity index (χ3v) is 2.62. The Bertz CT molecular complexity index is 309. The van der Waals surface area contributed by atoms with Gasteiger partial charge in [0.1, 0.15) is 0 Å². The number of aromatic nitrogens is 2. The summed E-state index contributed by atoms with van der Waals surface area (Å²) in [5.74, 6) is 0. The second kappa shape index (κ2) is 5.72. The standard InChI is InChI=1S/C11H22N4O/c1-4-5-6-7-11(2,3)8-13-10-15-14-9(12)16-10/h4-8H2,1-3H3,(H2,12,14)(H,13,15). The second-order valence-electron chi connectivity index (χ2n) is 4.92. The number of unbranched alkanes of at least 4 members (excludes halogenated alkanes) is 2. The minimum atomic E-state index is 0.103. The summed E-state index contributed by atoms with van der Waals surface area (Å²) in [4.78, 5) is 0. The number of rotatable bonds is 7. The van der Waals surface area contributed by atoms with Gasteiger partial charge >= 0.3 is 12.0 Å². The smallest absolute Gasteiger partial charge is 0.316 e. The Morgan fingerprint density at radius 3 is 2.62 bits per heavy atom. The van der Waals surface area contributed by atoms with Gasteiger partial charge in [0.15, 0.2) is 0 Å². The first kappa shape index (κ1) is 12.8. The fraction of sp³-hybridized carbons (Fsp3) is 0.818. The number of hydrogen-bond donors (Lipinski definition) is 2. The lowest BCUT2D eigenvalue weighted by atomic mass is 9.87. The predicted molar refractivity (Wildman–Crippen MR) is 65.1 cm³/mol. The van der Waals surface area contributed by atoms with E-state index in [0.29, 0.717) is 6.01 Å². The molecule has 0 aromatic carbocycles. The van der Waals surface area contributed by atoms with Crippen LogP contribution in [0.1, 0.15) is 46.5 Å². The first-order valence-corrected chi connectivity index (χ1v) is 5.86. The monoisotopic (exact) mass is 226 g/mol. The molecule has 1 aromatic heterocycles. The van der Waals surface area contributed by atoms with Crippen molar-refractivity contribution >= 4 is 12.0 Å². The average Bonchev–Trinajstić information content (AvgIpc) is 2.62. The highest BCUT2D eigenvalue weighted by atomic mass is 16.4. The van der Waals surface area contributed by atoms with Crippen molar-refractivity contribution in [3.05, 3.63) is 0 Å². The lowest BCUT2D eigenvalue weighted by Crippen LogP contribution is -2.23. The molecule has 1 aromatic rings. The van der Waals surface area contributed by atoms with Gasteiger partial charge in [-0.25, -0.2) is 0 Å². The van der Waals surface area contributed by atoms with Gasteiger partial charge in [-0.3, -0.25) is 0 Å². The minimum Gasteiger partial charge on any atom is -0.390 e. The van der Waals surface area contributed by atoms with Crippen molar-refractivity contribution in [3.8, 4) is 0 Å². The summed E-state index contributed by atoms with van der Waals surface area (Å²) in [6.07, 6.45) is 5.00. The zero-order valence-electron chi connectivity index (χ0n) is 10.4. The molecule has 0 unspecified atom stereocenters. The summed E-state index contributed by atoms with van der Waals surface area (Å²) in [7, 11) is 0. The van der Waals surface area contributed by atoms with E-state index in [4.69, 9.17) is 10.2 Å². The van der Waals surface area contributed by atoms with E-state index >= 15 is 0 Å². The fourth-order valence-corrected chi connectivity index (χ4v) is 1.56. The van der Waals surface area contributed by atoms with Crippen LogP contribution in [0.4, 0.5) is 12.0 Å². The molecule has 0 fully saturated rings. The van der Waals surface area contributed by atoms with E-state index in [1.807, 2.05) is 0 Å². The van der Waals surface area contributed by atoms with Gasteiger partial charge in [0.2, 0.25) is 0 Å². The molecule has 0 aliphatic rings. The highest BCUT2D eigenvalue weighted by molar-refractivity contribution is 5.22. The highest BCUT2D eigenvalue weighted by Gasteiger charge is 2.18. The van der Waals surface area contributed by atoms with Crippen molar-refractivity contribution in [1.29, 1.82) is 0 Å². The summed E-state index contributed by atoms with van der Waals surface area (Å²) in [5, 5.41) is 10.5. The second-order valence-corrected chi connectivity index (χ2v) is 4.92. The first-order chi connectivity index (χ1) is 7.53. The number of nitrogens with zero attached hydrogens (tertiary/aromatic N) is 2. The summed E-state index contributed by atoms with van der Waals surface area (Å²) < 4.78 is 5.05. The molecular weight excluding hydrogens is 204 g/mol. The third-order valence-electron chi connectivity index (χ3n) is 2.62. The van der Waals surface area contributed by atoms with Crippen molar-refractivity contribution < 1.29 is 4.42 Å². The van der Waals surface area contributed by atoms with Crippen LogP contribution in [0, 0.1) is 5.41 Å². The van der Waals surface area contributed by atoms with Gasteiger partial charge in [0.05, 0.1) is 0 Å². The fourth-order valence-electron chi connectivity index (χ4n) is 1.56. The lowest BCUT2D eigenvalue weighted by molar-refractivity contribution is 0.339. The van der Waals surface area contributed by atoms with E-state index in [0.717, 1.165) is 6.54 Å². The van der Waals surface area contributed by atoms with Gasteiger partial charge < -0.3 is 15.5 Å². The molecule has 0 saturated heterocycles. The molecule has 0 bridgehead atoms. The van der Waals surface area contributed by atoms with Crippen LogP contribution in [-0.4, -0.2) is 16.7 Å². The molecule has 0 aliphatic carbocycles. The van der Waals surface area contributed by atoms with E-state index in [2.05, 4.69) is 36.3 Å². The molecule has 5 heteroatoms. The molecule has 0 radical (unpaired) electrons. The topological polar surface area (TPSA) is 77.0 Å². The molecule has 0 amide bonds. The number of nitrogens with two attached hydrogens (primary N) is 1. The average molecular weight is 226 g/mol. The van der Waals surface area contributed by atoms with E-state index in [1.54, 1.807) is 0 Å². The Hall–Kier alpha value is -1.26. The summed E-state index contributed by atoms with van der Waals surface area (Å²) in [6, 6.07) is 0.507. The molecular formula is C11H22N4O. The number of nitrogens with one attached hydrogen (secondary N) is 1. The van der Waals surface area contributed by atoms with E-state index in [1.165, 1.54) is 25.7 Å². The molecule has 3 N–H and O–H groups in total. The van der Waals surface area contributed by atoms with Gasteiger partial charge in [-0.05, 0) is 11.8 Å². The van der Waals surface area contributed by atoms with E-state index in [9.17, 15) is 0 Å². The number of anilines is 2. The zero-order chi connectivity index (χ0) is 12.0. The van der Waals surface area contributed by atoms with Crippen LogP contribution in [0.5, 0.6) is 0 Å². The van der Waals surface area contributed by atoms with Crippen LogP contribution >= 0.6 is 0 Å². The minimum absolute atomic E-state index is 0.103. The zero-order valence-corrected chi connectivity index (χ0v) is 10.4. The van der Waals surface area contributed by atoms with Gasteiger partial charge in [-0.15, -0.1) is 0 Å². The summed E-state index contributed by atoms with van der Waals surface area (Å²) in [6.45, 7) is 7.50. The van der Waals surface area contributed by atoms with E-state index < -0.39 is 0 Å². The SMILES string of the molecule is CCCCCC(C)(C)CNc1nnc(N)o1. The Kier molecular flexibility index (Phi) is 4.58. The lowest BCUT2D eigenvalue weighted by Gasteiger charge is -2.24. The number of hydrogen-bond acceptors (Lipinski definition) is 5. The highest BCUT2D eigenvalue weighted by Crippen LogP contribution is 2.24. The molecule has 0 spiro atoms. The maximum absolute atomic E-state index is 5.34. The van der Waals surface area contributed by atoms with Crippen molar-refractivity contribution in [2.24, 2.45) is 5.41 Å². The molecule has 92 valence electrons. The maximum Gasteiger partial charge on any atom is 0.316 e. The molecule has 0 aliphatic heterocycles. The van der Waals surface area contributed by atoms with Gasteiger partial charge in [-0.1, -0.05) is 50.2 Å². The molecule has 16 heavy (non-hydrogen) atoms. The van der Waals surface area contributed by atoms with Gasteiger partial charge in [-0.2, -0.15) is 0 Å². The van der Waals surface area contributed by atoms with Crippen LogP contribution in [-0.2, 0) is 0 Å². The maximum atomic E-state index is 5.34. The molecule has 0 atom stereocenters. The molecule has 0 saturated carbocycles. The first-order valence-electron chi connectivity index (χ1n) is 5.86. The normalized spacial score (nSPS) is 11.7. The van der Waals surface area contributed by atoms with Crippen LogP contribution in [0.3, 0.4) is 0 Å². The Labute approximate surface area is 96.8 Å². The van der Waals surface area contributed by atoms with Gasteiger partial charge in [0.25, 0.3) is 0 Å². The quantitative estimate of drug-likeness (QED) is 0.699. The van der Waals surface area contributed by atoms with Crippen LogP contribution in [0.15, 0.2) is 4.42 Å². The van der Waals surface area contributed by atoms with Crippen LogP contribution < -0.4 is 11.1 Å². The van der Waals surface area contributed by atoms with Crippen molar-refractivity contribution in [3.63, 3.8) is 0 Å². The molecule has 5 nitrogen and oxygen atoms in total. The van der Waals surface area contributed by atoms with Crippen molar-refractivity contribution in [2.45, 2.75) is 46.5 Å². The van der Waals surface area contributed by atoms with Crippen molar-refractivity contribution in [2.75, 3.05) is 17.6 Å². The summed E-state index contributed by atoms with van der Waals surface area (Å²) in [5.41, 5.74) is 5.57. The molecule has 1 rings (SSSR count). The van der Waals surface area contributed by atoms with Gasteiger partial charge in [0, 0.05) is 6.54 Å². The number of nitrogen functional groups attached to an aromatic ring is 1. The predicted octanol–water partition coefficient (Wildman–Crippen LogP) is 2.67. The Morgan fingerprint density at radius 1 is 1.31 bits per heavy atom. The van der Waals surface area contributed by atoms with E-state index in [-0.39, 0.29) is 11.4 Å². The Balaban J connectivity index is 2.29. The van der Waals surface area contributed by atoms with Crippen molar-refractivity contribution in [1.82, 2.24) is 10.2 Å². The largest absolute Gasteiger partial charge is 0.390 e.